The van der Waals surface area contributed by atoms with Gasteiger partial charge < -0.3 is 14.8 Å². The van der Waals surface area contributed by atoms with Crippen molar-refractivity contribution in [3.05, 3.63) is 34.4 Å². The third kappa shape index (κ3) is 4.57. The molecule has 24 heavy (non-hydrogen) atoms. The molecule has 1 aliphatic heterocycles. The molecule has 0 aromatic heterocycles. The van der Waals surface area contributed by atoms with Crippen LogP contribution in [0.4, 0.5) is 4.79 Å². The summed E-state index contributed by atoms with van der Waals surface area (Å²) in [6.45, 7) is 8.01. The molecule has 1 aromatic rings. The first-order chi connectivity index (χ1) is 11.2. The number of hydrogen-bond donors (Lipinski definition) is 1. The first-order valence-corrected chi connectivity index (χ1v) is 7.89. The number of amides is 1. The van der Waals surface area contributed by atoms with Crippen molar-refractivity contribution in [3.8, 4) is 0 Å². The molecule has 0 spiro atoms. The highest BCUT2D eigenvalue weighted by atomic mass is 16.6. The van der Waals surface area contributed by atoms with Gasteiger partial charge >= 0.3 is 12.1 Å². The molecule has 0 aliphatic carbocycles. The number of carbonyl (C=O) groups excluding carboxylic acids is 2. The SMILES string of the molecule is COC(=O)[C@@H](Cc1cc(C)c2c(c1)C=NC2)NC(=O)OC(C)(C)C. The third-order valence-corrected chi connectivity index (χ3v) is 3.66. The Morgan fingerprint density at radius 2 is 2.04 bits per heavy atom. The maximum Gasteiger partial charge on any atom is 0.408 e. The van der Waals surface area contributed by atoms with Gasteiger partial charge in [0.2, 0.25) is 0 Å². The van der Waals surface area contributed by atoms with Crippen molar-refractivity contribution < 1.29 is 19.1 Å². The second kappa shape index (κ2) is 7.03. The summed E-state index contributed by atoms with van der Waals surface area (Å²) in [5, 5.41) is 2.59. The van der Waals surface area contributed by atoms with Gasteiger partial charge in [0, 0.05) is 12.6 Å². The fourth-order valence-corrected chi connectivity index (χ4v) is 2.63. The zero-order chi connectivity index (χ0) is 17.9. The van der Waals surface area contributed by atoms with Crippen molar-refractivity contribution in [2.75, 3.05) is 7.11 Å². The van der Waals surface area contributed by atoms with Crippen LogP contribution in [0.25, 0.3) is 0 Å². The van der Waals surface area contributed by atoms with Gasteiger partial charge in [0.1, 0.15) is 11.6 Å². The molecule has 130 valence electrons. The largest absolute Gasteiger partial charge is 0.467 e. The number of alkyl carbamates (subject to hydrolysis) is 1. The van der Waals surface area contributed by atoms with E-state index in [2.05, 4.69) is 10.3 Å². The van der Waals surface area contributed by atoms with Gasteiger partial charge in [-0.25, -0.2) is 9.59 Å². The first-order valence-electron chi connectivity index (χ1n) is 7.89. The summed E-state index contributed by atoms with van der Waals surface area (Å²) < 4.78 is 10.0. The number of ether oxygens (including phenoxy) is 2. The number of fused-ring (bicyclic) bond motifs is 1. The molecule has 0 fully saturated rings. The van der Waals surface area contributed by atoms with E-state index in [4.69, 9.17) is 9.47 Å². The van der Waals surface area contributed by atoms with Crippen LogP contribution in [0, 0.1) is 6.92 Å². The van der Waals surface area contributed by atoms with Crippen LogP contribution in [0.3, 0.4) is 0 Å². The van der Waals surface area contributed by atoms with Gasteiger partial charge in [-0.15, -0.1) is 0 Å². The zero-order valence-electron chi connectivity index (χ0n) is 14.8. The van der Waals surface area contributed by atoms with Gasteiger partial charge in [0.05, 0.1) is 13.7 Å². The van der Waals surface area contributed by atoms with Crippen molar-refractivity contribution in [1.82, 2.24) is 5.32 Å². The van der Waals surface area contributed by atoms with E-state index in [1.807, 2.05) is 25.3 Å². The number of methoxy groups -OCH3 is 1. The van der Waals surface area contributed by atoms with Crippen LogP contribution in [0.2, 0.25) is 0 Å². The summed E-state index contributed by atoms with van der Waals surface area (Å²) in [5.74, 6) is -0.507. The minimum atomic E-state index is -0.805. The molecule has 0 saturated heterocycles. The van der Waals surface area contributed by atoms with Crippen molar-refractivity contribution >= 4 is 18.3 Å². The van der Waals surface area contributed by atoms with Crippen LogP contribution in [0.15, 0.2) is 17.1 Å². The summed E-state index contributed by atoms with van der Waals surface area (Å²) in [4.78, 5) is 28.3. The van der Waals surface area contributed by atoms with Gasteiger partial charge in [-0.1, -0.05) is 6.07 Å². The maximum atomic E-state index is 12.0. The number of esters is 1. The van der Waals surface area contributed by atoms with E-state index in [-0.39, 0.29) is 0 Å². The number of aliphatic imine (C=N–C) groups is 1. The molecule has 0 radical (unpaired) electrons. The second-order valence-corrected chi connectivity index (χ2v) is 6.88. The molecule has 1 atom stereocenters. The number of hydrogen-bond acceptors (Lipinski definition) is 5. The van der Waals surface area contributed by atoms with E-state index in [1.54, 1.807) is 20.8 Å². The van der Waals surface area contributed by atoms with E-state index >= 15 is 0 Å². The quantitative estimate of drug-likeness (QED) is 0.860. The summed E-state index contributed by atoms with van der Waals surface area (Å²) in [6, 6.07) is 3.20. The van der Waals surface area contributed by atoms with E-state index in [9.17, 15) is 9.59 Å². The first kappa shape index (κ1) is 18.0. The summed E-state index contributed by atoms with van der Waals surface area (Å²) in [5.41, 5.74) is 3.69. The Morgan fingerprint density at radius 1 is 1.33 bits per heavy atom. The Morgan fingerprint density at radius 3 is 2.67 bits per heavy atom. The van der Waals surface area contributed by atoms with Gasteiger partial charge in [0.25, 0.3) is 0 Å². The van der Waals surface area contributed by atoms with Crippen molar-refractivity contribution in [2.24, 2.45) is 4.99 Å². The summed E-state index contributed by atoms with van der Waals surface area (Å²) in [7, 11) is 1.30. The highest BCUT2D eigenvalue weighted by molar-refractivity contribution is 5.86. The Balaban J connectivity index is 2.15. The standard InChI is InChI=1S/C18H24N2O4/c1-11-6-12(7-13-9-19-10-14(11)13)8-15(16(21)23-5)20-17(22)24-18(2,3)4/h6-7,9,15H,8,10H2,1-5H3,(H,20,22)/t15-/m1/s1. The predicted octanol–water partition coefficient (Wildman–Crippen LogP) is 2.54. The van der Waals surface area contributed by atoms with E-state index < -0.39 is 23.7 Å². The Hall–Kier alpha value is -2.37. The number of nitrogens with one attached hydrogen (secondary N) is 1. The summed E-state index contributed by atoms with van der Waals surface area (Å²) >= 11 is 0. The van der Waals surface area contributed by atoms with Crippen LogP contribution in [-0.2, 0) is 27.2 Å². The van der Waals surface area contributed by atoms with Crippen molar-refractivity contribution in [1.29, 1.82) is 0 Å². The lowest BCUT2D eigenvalue weighted by molar-refractivity contribution is -0.143. The molecule has 1 heterocycles. The lowest BCUT2D eigenvalue weighted by Gasteiger charge is -2.23. The number of benzene rings is 1. The normalized spacial score (nSPS) is 14.0. The minimum absolute atomic E-state index is 0.327. The van der Waals surface area contributed by atoms with Crippen LogP contribution in [-0.4, -0.2) is 37.0 Å². The number of carbonyl (C=O) groups is 2. The average Bonchev–Trinajstić information content (AvgIpc) is 2.92. The van der Waals surface area contributed by atoms with E-state index in [0.29, 0.717) is 13.0 Å². The van der Waals surface area contributed by atoms with Gasteiger partial charge in [-0.05, 0) is 56.0 Å². The molecule has 1 amide bonds. The third-order valence-electron chi connectivity index (χ3n) is 3.66. The topological polar surface area (TPSA) is 77.0 Å². The molecular weight excluding hydrogens is 308 g/mol. The molecular formula is C18H24N2O4. The monoisotopic (exact) mass is 332 g/mol. The maximum absolute atomic E-state index is 12.0. The van der Waals surface area contributed by atoms with Gasteiger partial charge in [-0.2, -0.15) is 0 Å². The van der Waals surface area contributed by atoms with Crippen molar-refractivity contribution in [2.45, 2.75) is 52.3 Å². The molecule has 6 nitrogen and oxygen atoms in total. The molecule has 1 N–H and O–H groups in total. The Kier molecular flexibility index (Phi) is 5.26. The lowest BCUT2D eigenvalue weighted by atomic mass is 9.97. The number of nitrogens with zero attached hydrogens (tertiary/aromatic N) is 1. The van der Waals surface area contributed by atoms with E-state index in [1.165, 1.54) is 12.7 Å². The van der Waals surface area contributed by atoms with Crippen LogP contribution >= 0.6 is 0 Å². The summed E-state index contributed by atoms with van der Waals surface area (Å²) in [6.07, 6.45) is 1.52. The molecule has 0 saturated carbocycles. The van der Waals surface area contributed by atoms with Crippen LogP contribution in [0.1, 0.15) is 43.0 Å². The Labute approximate surface area is 142 Å². The number of aryl methyl sites for hydroxylation is 1. The van der Waals surface area contributed by atoms with Crippen molar-refractivity contribution in [3.63, 3.8) is 0 Å². The van der Waals surface area contributed by atoms with Crippen LogP contribution < -0.4 is 5.32 Å². The minimum Gasteiger partial charge on any atom is -0.467 e. The highest BCUT2D eigenvalue weighted by Gasteiger charge is 2.26. The van der Waals surface area contributed by atoms with E-state index in [0.717, 1.165) is 16.7 Å². The Bertz CT molecular complexity index is 674. The van der Waals surface area contributed by atoms with Gasteiger partial charge in [-0.3, -0.25) is 4.99 Å². The highest BCUT2D eigenvalue weighted by Crippen LogP contribution is 2.22. The average molecular weight is 332 g/mol. The van der Waals surface area contributed by atoms with Crippen LogP contribution in [0.5, 0.6) is 0 Å². The predicted molar refractivity (Wildman–Crippen MR) is 91.4 cm³/mol. The molecule has 0 bridgehead atoms. The smallest absolute Gasteiger partial charge is 0.408 e. The number of rotatable bonds is 4. The second-order valence-electron chi connectivity index (χ2n) is 6.88. The molecule has 1 aliphatic rings. The lowest BCUT2D eigenvalue weighted by Crippen LogP contribution is -2.45. The fraction of sp³-hybridized carbons (Fsp3) is 0.500. The molecule has 6 heteroatoms. The van der Waals surface area contributed by atoms with Gasteiger partial charge in [0.15, 0.2) is 0 Å². The zero-order valence-corrected chi connectivity index (χ0v) is 14.8. The molecule has 2 rings (SSSR count). The fourth-order valence-electron chi connectivity index (χ4n) is 2.63. The molecule has 0 unspecified atom stereocenters. The molecule has 1 aromatic carbocycles.